The minimum absolute atomic E-state index is 0.0204. The Kier molecular flexibility index (Phi) is 5.37. The molecular formula is C20H21ClN4O2S. The van der Waals surface area contributed by atoms with Crippen LogP contribution in [0.3, 0.4) is 0 Å². The van der Waals surface area contributed by atoms with Gasteiger partial charge in [0.25, 0.3) is 5.56 Å². The molecule has 0 saturated carbocycles. The van der Waals surface area contributed by atoms with Crippen LogP contribution in [-0.2, 0) is 11.2 Å². The summed E-state index contributed by atoms with van der Waals surface area (Å²) in [7, 11) is 0. The van der Waals surface area contributed by atoms with Crippen molar-refractivity contribution in [3.8, 4) is 16.4 Å². The number of nitrogens with zero attached hydrogens (tertiary/aromatic N) is 3. The fourth-order valence-corrected chi connectivity index (χ4v) is 4.37. The van der Waals surface area contributed by atoms with Gasteiger partial charge in [-0.05, 0) is 38.3 Å². The van der Waals surface area contributed by atoms with Crippen molar-refractivity contribution < 1.29 is 4.79 Å². The summed E-state index contributed by atoms with van der Waals surface area (Å²) in [6, 6.07) is 7.41. The Bertz CT molecular complexity index is 1050. The lowest BCUT2D eigenvalue weighted by molar-refractivity contribution is -0.131. The van der Waals surface area contributed by atoms with Gasteiger partial charge in [0.05, 0.1) is 12.1 Å². The molecule has 1 amide bonds. The van der Waals surface area contributed by atoms with Crippen LogP contribution in [0.2, 0.25) is 5.02 Å². The molecule has 4 rings (SSSR count). The molecule has 1 N–H and O–H groups in total. The van der Waals surface area contributed by atoms with Gasteiger partial charge in [-0.1, -0.05) is 23.7 Å². The molecule has 0 spiro atoms. The number of nitrogens with one attached hydrogen (secondary N) is 1. The van der Waals surface area contributed by atoms with Crippen LogP contribution in [-0.4, -0.2) is 38.7 Å². The number of thiazole rings is 1. The van der Waals surface area contributed by atoms with Crippen molar-refractivity contribution >= 4 is 28.8 Å². The Hall–Kier alpha value is -2.38. The van der Waals surface area contributed by atoms with Crippen LogP contribution in [0, 0.1) is 6.92 Å². The van der Waals surface area contributed by atoms with Crippen LogP contribution >= 0.6 is 22.9 Å². The molecule has 8 heteroatoms. The third-order valence-corrected chi connectivity index (χ3v) is 6.13. The smallest absolute Gasteiger partial charge is 0.277 e. The number of piperidine rings is 1. The normalized spacial score (nSPS) is 14.4. The van der Waals surface area contributed by atoms with Crippen LogP contribution in [0.4, 0.5) is 0 Å². The second kappa shape index (κ2) is 7.93. The fourth-order valence-electron chi connectivity index (χ4n) is 3.45. The number of carbonyl (C=O) groups is 1. The maximum atomic E-state index is 12.9. The topological polar surface area (TPSA) is 71.0 Å². The van der Waals surface area contributed by atoms with E-state index < -0.39 is 0 Å². The predicted molar refractivity (Wildman–Crippen MR) is 111 cm³/mol. The number of rotatable bonds is 4. The van der Waals surface area contributed by atoms with Crippen molar-refractivity contribution in [2.75, 3.05) is 13.1 Å². The summed E-state index contributed by atoms with van der Waals surface area (Å²) in [6.07, 6.45) is 3.37. The van der Waals surface area contributed by atoms with Crippen LogP contribution in [0.5, 0.6) is 0 Å². The van der Waals surface area contributed by atoms with Crippen molar-refractivity contribution in [2.45, 2.75) is 32.6 Å². The number of hydrogen-bond donors (Lipinski definition) is 1. The zero-order chi connectivity index (χ0) is 19.7. The minimum atomic E-state index is -0.208. The first-order valence-electron chi connectivity index (χ1n) is 9.33. The standard InChI is InChI=1S/C20H21ClN4O2S/c1-13-16(11-18(26)24-9-3-2-4-10-24)19(27)25(23-13)20-22-17(12-28-20)14-5-7-15(21)8-6-14/h5-8,12,23H,2-4,9-11H2,1H3. The maximum Gasteiger partial charge on any atom is 0.277 e. The molecule has 0 unspecified atom stereocenters. The van der Waals surface area contributed by atoms with E-state index in [2.05, 4.69) is 10.1 Å². The monoisotopic (exact) mass is 416 g/mol. The molecule has 1 aliphatic heterocycles. The van der Waals surface area contributed by atoms with E-state index in [1.54, 1.807) is 0 Å². The number of likely N-dealkylation sites (tertiary alicyclic amines) is 1. The molecule has 0 radical (unpaired) electrons. The highest BCUT2D eigenvalue weighted by Gasteiger charge is 2.22. The predicted octanol–water partition coefficient (Wildman–Crippen LogP) is 3.81. The molecule has 1 aromatic carbocycles. The van der Waals surface area contributed by atoms with Gasteiger partial charge >= 0.3 is 0 Å². The second-order valence-electron chi connectivity index (χ2n) is 7.00. The lowest BCUT2D eigenvalue weighted by Gasteiger charge is -2.26. The van der Waals surface area contributed by atoms with E-state index in [9.17, 15) is 9.59 Å². The maximum absolute atomic E-state index is 12.9. The third-order valence-electron chi connectivity index (χ3n) is 5.05. The molecule has 1 fully saturated rings. The molecule has 0 atom stereocenters. The number of H-pyrrole nitrogens is 1. The minimum Gasteiger partial charge on any atom is -0.342 e. The van der Waals surface area contributed by atoms with Crippen LogP contribution in [0.15, 0.2) is 34.4 Å². The fraction of sp³-hybridized carbons (Fsp3) is 0.350. The van der Waals surface area contributed by atoms with Gasteiger partial charge in [0.15, 0.2) is 0 Å². The summed E-state index contributed by atoms with van der Waals surface area (Å²) in [6.45, 7) is 3.39. The molecule has 3 heterocycles. The number of hydrogen-bond acceptors (Lipinski definition) is 4. The highest BCUT2D eigenvalue weighted by molar-refractivity contribution is 7.12. The highest BCUT2D eigenvalue weighted by atomic mass is 35.5. The Morgan fingerprint density at radius 3 is 2.64 bits per heavy atom. The average Bonchev–Trinajstić information content (AvgIpc) is 3.30. The lowest BCUT2D eigenvalue weighted by atomic mass is 10.1. The largest absolute Gasteiger partial charge is 0.342 e. The van der Waals surface area contributed by atoms with Crippen molar-refractivity contribution in [3.63, 3.8) is 0 Å². The quantitative estimate of drug-likeness (QED) is 0.703. The van der Waals surface area contributed by atoms with Crippen LogP contribution in [0.25, 0.3) is 16.4 Å². The number of aryl methyl sites for hydroxylation is 1. The summed E-state index contributed by atoms with van der Waals surface area (Å²) < 4.78 is 1.43. The number of benzene rings is 1. The molecule has 1 aliphatic rings. The van der Waals surface area contributed by atoms with Gasteiger partial charge in [-0.25, -0.2) is 4.98 Å². The van der Waals surface area contributed by atoms with E-state index in [4.69, 9.17) is 11.6 Å². The SMILES string of the molecule is Cc1[nH]n(-c2nc(-c3ccc(Cl)cc3)cs2)c(=O)c1CC(=O)N1CCCCC1. The van der Waals surface area contributed by atoms with E-state index in [-0.39, 0.29) is 17.9 Å². The van der Waals surface area contributed by atoms with Gasteiger partial charge in [-0.2, -0.15) is 4.68 Å². The van der Waals surface area contributed by atoms with Gasteiger partial charge in [-0.15, -0.1) is 11.3 Å². The zero-order valence-electron chi connectivity index (χ0n) is 15.6. The van der Waals surface area contributed by atoms with Crippen molar-refractivity contribution in [1.82, 2.24) is 19.7 Å². The van der Waals surface area contributed by atoms with Gasteiger partial charge in [-0.3, -0.25) is 14.7 Å². The summed E-state index contributed by atoms with van der Waals surface area (Å²) in [5.74, 6) is 0.0204. The van der Waals surface area contributed by atoms with Crippen LogP contribution in [0.1, 0.15) is 30.5 Å². The van der Waals surface area contributed by atoms with E-state index in [0.717, 1.165) is 37.2 Å². The molecular weight excluding hydrogens is 396 g/mol. The van der Waals surface area contributed by atoms with Gasteiger partial charge < -0.3 is 4.90 Å². The lowest BCUT2D eigenvalue weighted by Crippen LogP contribution is -2.37. The number of halogens is 1. The molecule has 1 saturated heterocycles. The number of aromatic amines is 1. The van der Waals surface area contributed by atoms with Gasteiger partial charge in [0, 0.05) is 40.3 Å². The van der Waals surface area contributed by atoms with Crippen LogP contribution < -0.4 is 5.56 Å². The van der Waals surface area contributed by atoms with E-state index in [0.29, 0.717) is 21.4 Å². The first kappa shape index (κ1) is 19.0. The van der Waals surface area contributed by atoms with Crippen molar-refractivity contribution in [3.05, 3.63) is 56.3 Å². The Balaban J connectivity index is 1.58. The molecule has 0 aliphatic carbocycles. The number of aromatic nitrogens is 3. The summed E-state index contributed by atoms with van der Waals surface area (Å²) in [5, 5.41) is 6.19. The first-order valence-corrected chi connectivity index (χ1v) is 10.6. The molecule has 146 valence electrons. The van der Waals surface area contributed by atoms with E-state index in [1.165, 1.54) is 22.4 Å². The number of carbonyl (C=O) groups excluding carboxylic acids is 1. The van der Waals surface area contributed by atoms with Crippen molar-refractivity contribution in [2.24, 2.45) is 0 Å². The second-order valence-corrected chi connectivity index (χ2v) is 8.27. The Labute approximate surface area is 171 Å². The van der Waals surface area contributed by atoms with E-state index >= 15 is 0 Å². The molecule has 0 bridgehead atoms. The first-order chi connectivity index (χ1) is 13.5. The summed E-state index contributed by atoms with van der Waals surface area (Å²) in [5.41, 5.74) is 2.72. The Morgan fingerprint density at radius 2 is 1.93 bits per heavy atom. The molecule has 2 aromatic heterocycles. The highest BCUT2D eigenvalue weighted by Crippen LogP contribution is 2.25. The number of amides is 1. The van der Waals surface area contributed by atoms with Gasteiger partial charge in [0.1, 0.15) is 0 Å². The third kappa shape index (κ3) is 3.77. The van der Waals surface area contributed by atoms with E-state index in [1.807, 2.05) is 41.5 Å². The molecule has 28 heavy (non-hydrogen) atoms. The summed E-state index contributed by atoms with van der Waals surface area (Å²) >= 11 is 7.32. The zero-order valence-corrected chi connectivity index (χ0v) is 17.1. The summed E-state index contributed by atoms with van der Waals surface area (Å²) in [4.78, 5) is 31.9. The molecule has 3 aromatic rings. The molecule has 6 nitrogen and oxygen atoms in total. The Morgan fingerprint density at radius 1 is 1.21 bits per heavy atom. The van der Waals surface area contributed by atoms with Gasteiger partial charge in [0.2, 0.25) is 11.0 Å². The average molecular weight is 417 g/mol. The van der Waals surface area contributed by atoms with Crippen molar-refractivity contribution in [1.29, 1.82) is 0 Å².